The summed E-state index contributed by atoms with van der Waals surface area (Å²) < 4.78 is 17.7. The van der Waals surface area contributed by atoms with Gasteiger partial charge in [0.05, 0.1) is 24.0 Å². The lowest BCUT2D eigenvalue weighted by Gasteiger charge is -2.37. The minimum absolute atomic E-state index is 0.247. The van der Waals surface area contributed by atoms with Gasteiger partial charge in [-0.15, -0.1) is 16.4 Å². The number of aryl methyl sites for hydroxylation is 1. The van der Waals surface area contributed by atoms with Crippen molar-refractivity contribution >= 4 is 34.6 Å². The molecule has 1 aliphatic carbocycles. The van der Waals surface area contributed by atoms with Gasteiger partial charge in [-0.1, -0.05) is 13.0 Å². The first kappa shape index (κ1) is 26.0. The number of hydrogen-bond acceptors (Lipinski definition) is 9. The highest BCUT2D eigenvalue weighted by atomic mass is 32.1. The van der Waals surface area contributed by atoms with Crippen LogP contribution in [0.2, 0.25) is 0 Å². The van der Waals surface area contributed by atoms with E-state index in [4.69, 9.17) is 9.97 Å². The first-order valence-corrected chi connectivity index (χ1v) is 15.1. The molecule has 3 aromatic heterocycles. The monoisotopic (exact) mass is 572 g/mol. The van der Waals surface area contributed by atoms with E-state index in [-0.39, 0.29) is 5.82 Å². The zero-order chi connectivity index (χ0) is 27.9. The molecule has 0 unspecified atom stereocenters. The Morgan fingerprint density at radius 1 is 1.07 bits per heavy atom. The number of halogens is 1. The molecule has 0 radical (unpaired) electrons. The maximum absolute atomic E-state index is 13.4. The zero-order valence-electron chi connectivity index (χ0n) is 23.3. The van der Waals surface area contributed by atoms with Crippen LogP contribution in [0.3, 0.4) is 0 Å². The van der Waals surface area contributed by atoms with Crippen LogP contribution in [0.15, 0.2) is 41.4 Å². The molecule has 3 aliphatic rings. The summed E-state index contributed by atoms with van der Waals surface area (Å²) in [7, 11) is 2.05. The maximum Gasteiger partial charge on any atom is 0.191 e. The lowest BCUT2D eigenvalue weighted by atomic mass is 10.2. The van der Waals surface area contributed by atoms with E-state index in [9.17, 15) is 4.39 Å². The topological polar surface area (TPSA) is 84.0 Å². The van der Waals surface area contributed by atoms with Crippen molar-refractivity contribution in [2.24, 2.45) is 0 Å². The van der Waals surface area contributed by atoms with Crippen molar-refractivity contribution in [3.8, 4) is 11.3 Å². The molecule has 0 amide bonds. The second-order valence-corrected chi connectivity index (χ2v) is 11.6. The predicted molar refractivity (Wildman–Crippen MR) is 158 cm³/mol. The van der Waals surface area contributed by atoms with Crippen LogP contribution in [0.1, 0.15) is 49.6 Å². The fourth-order valence-electron chi connectivity index (χ4n) is 5.60. The van der Waals surface area contributed by atoms with Gasteiger partial charge >= 0.3 is 0 Å². The largest absolute Gasteiger partial charge is 0.371 e. The number of aromatic nitrogens is 7. The molecule has 4 aromatic rings. The van der Waals surface area contributed by atoms with Crippen molar-refractivity contribution in [2.75, 3.05) is 38.1 Å². The minimum Gasteiger partial charge on any atom is -0.371 e. The summed E-state index contributed by atoms with van der Waals surface area (Å²) in [4.78, 5) is 17.0. The van der Waals surface area contributed by atoms with Crippen molar-refractivity contribution in [1.29, 1.82) is 0 Å². The molecule has 7 rings (SSSR count). The van der Waals surface area contributed by atoms with Crippen molar-refractivity contribution < 1.29 is 4.39 Å². The summed E-state index contributed by atoms with van der Waals surface area (Å²) in [5, 5.41) is 15.3. The van der Waals surface area contributed by atoms with Gasteiger partial charge in [0, 0.05) is 62.5 Å². The molecule has 2 aliphatic heterocycles. The molecule has 0 bridgehead atoms. The van der Waals surface area contributed by atoms with Crippen LogP contribution in [0.5, 0.6) is 0 Å². The number of piperazine rings is 1. The summed E-state index contributed by atoms with van der Waals surface area (Å²) in [6, 6.07) is 6.98. The van der Waals surface area contributed by atoms with Crippen LogP contribution in [0.4, 0.5) is 15.3 Å². The van der Waals surface area contributed by atoms with Crippen molar-refractivity contribution in [1.82, 2.24) is 44.5 Å². The first-order chi connectivity index (χ1) is 20.1. The van der Waals surface area contributed by atoms with E-state index >= 15 is 0 Å². The Morgan fingerprint density at radius 3 is 2.63 bits per heavy atom. The standard InChI is InChI=1S/C29H33FN10S/c1-3-24-28(36(2)29-32-25(19-41-29)20-7-9-21(30)10-8-20)39-17-23(5-4-6-26(39)31-24)38-15-13-37(14-16-38)18-27-33-34-35-40(27)22-11-12-22/h4,6-10,17,19,22H,3,5,11-16,18H2,1-2H3. The number of benzene rings is 1. The minimum atomic E-state index is -0.247. The smallest absolute Gasteiger partial charge is 0.191 e. The average Bonchev–Trinajstić information content (AvgIpc) is 3.43. The Morgan fingerprint density at radius 2 is 1.88 bits per heavy atom. The molecule has 1 saturated carbocycles. The number of fused-ring (bicyclic) bond motifs is 1. The number of rotatable bonds is 8. The number of hydrogen-bond donors (Lipinski definition) is 0. The van der Waals surface area contributed by atoms with E-state index in [1.165, 1.54) is 30.7 Å². The van der Waals surface area contributed by atoms with Gasteiger partial charge in [-0.2, -0.15) is 0 Å². The van der Waals surface area contributed by atoms with Gasteiger partial charge in [0.1, 0.15) is 17.5 Å². The number of thiazole rings is 1. The first-order valence-electron chi connectivity index (χ1n) is 14.2. The third-order valence-electron chi connectivity index (χ3n) is 8.02. The molecule has 41 heavy (non-hydrogen) atoms. The Balaban J connectivity index is 1.11. The highest BCUT2D eigenvalue weighted by Crippen LogP contribution is 2.36. The van der Waals surface area contributed by atoms with Crippen LogP contribution in [-0.4, -0.2) is 77.8 Å². The van der Waals surface area contributed by atoms with Crippen molar-refractivity contribution in [3.63, 3.8) is 0 Å². The number of tetrazole rings is 1. The lowest BCUT2D eigenvalue weighted by molar-refractivity contribution is 0.147. The maximum atomic E-state index is 13.4. The second-order valence-electron chi connectivity index (χ2n) is 10.8. The number of anilines is 2. The SMILES string of the molecule is CCc1nc2n(c1N(C)c1nc(-c3ccc(F)cc3)cs1)C=C(N1CCN(Cc3nnnn3C3CC3)CC1)CC=C2. The number of nitrogens with zero attached hydrogens (tertiary/aromatic N) is 10. The Kier molecular flexibility index (Phi) is 6.87. The molecule has 5 heterocycles. The molecule has 10 nitrogen and oxygen atoms in total. The van der Waals surface area contributed by atoms with Crippen molar-refractivity contribution in [2.45, 2.75) is 45.2 Å². The Bertz CT molecular complexity index is 1590. The van der Waals surface area contributed by atoms with Crippen LogP contribution in [0, 0.1) is 5.82 Å². The van der Waals surface area contributed by atoms with E-state index in [2.05, 4.69) is 60.1 Å². The quantitative estimate of drug-likeness (QED) is 0.297. The molecule has 1 aromatic carbocycles. The van der Waals surface area contributed by atoms with E-state index < -0.39 is 0 Å². The molecule has 1 saturated heterocycles. The van der Waals surface area contributed by atoms with Gasteiger partial charge in [-0.25, -0.2) is 19.0 Å². The van der Waals surface area contributed by atoms with Gasteiger partial charge in [0.25, 0.3) is 0 Å². The highest BCUT2D eigenvalue weighted by Gasteiger charge is 2.29. The Labute approximate surface area is 242 Å². The second kappa shape index (κ2) is 10.8. The molecule has 0 atom stereocenters. The van der Waals surface area contributed by atoms with Crippen LogP contribution in [-0.2, 0) is 13.0 Å². The molecule has 12 heteroatoms. The summed E-state index contributed by atoms with van der Waals surface area (Å²) in [5.74, 6) is 2.69. The highest BCUT2D eigenvalue weighted by molar-refractivity contribution is 7.14. The van der Waals surface area contributed by atoms with Gasteiger partial charge in [0.2, 0.25) is 0 Å². The normalized spacial score (nSPS) is 17.4. The van der Waals surface area contributed by atoms with Crippen molar-refractivity contribution in [3.05, 3.63) is 64.6 Å². The van der Waals surface area contributed by atoms with Gasteiger partial charge < -0.3 is 9.80 Å². The molecule has 0 spiro atoms. The predicted octanol–water partition coefficient (Wildman–Crippen LogP) is 4.83. The van der Waals surface area contributed by atoms with Crippen LogP contribution >= 0.6 is 11.3 Å². The average molecular weight is 573 g/mol. The van der Waals surface area contributed by atoms with Gasteiger partial charge in [0.15, 0.2) is 11.0 Å². The van der Waals surface area contributed by atoms with Crippen LogP contribution in [0.25, 0.3) is 23.5 Å². The summed E-state index contributed by atoms with van der Waals surface area (Å²) in [6.45, 7) is 6.77. The fourth-order valence-corrected chi connectivity index (χ4v) is 6.40. The lowest BCUT2D eigenvalue weighted by Crippen LogP contribution is -2.45. The summed E-state index contributed by atoms with van der Waals surface area (Å²) in [6.07, 6.45) is 10.6. The van der Waals surface area contributed by atoms with Gasteiger partial charge in [-0.05, 0) is 60.0 Å². The molecule has 212 valence electrons. The van der Waals surface area contributed by atoms with E-state index in [0.717, 1.165) is 85.1 Å². The molecule has 2 fully saturated rings. The fraction of sp³-hybridized carbons (Fsp3) is 0.414. The summed E-state index contributed by atoms with van der Waals surface area (Å²) >= 11 is 1.58. The molecular weight excluding hydrogens is 539 g/mol. The van der Waals surface area contributed by atoms with E-state index in [0.29, 0.717) is 6.04 Å². The number of imidazole rings is 1. The van der Waals surface area contributed by atoms with Gasteiger partial charge in [-0.3, -0.25) is 9.47 Å². The molecular formula is C29H33FN10S. The number of allylic oxidation sites excluding steroid dienone is 1. The van der Waals surface area contributed by atoms with E-state index in [1.807, 2.05) is 17.1 Å². The third kappa shape index (κ3) is 5.17. The summed E-state index contributed by atoms with van der Waals surface area (Å²) in [5.41, 5.74) is 4.05. The Hall–Kier alpha value is -3.90. The zero-order valence-corrected chi connectivity index (χ0v) is 24.1. The third-order valence-corrected chi connectivity index (χ3v) is 8.94. The van der Waals surface area contributed by atoms with Crippen LogP contribution < -0.4 is 4.90 Å². The van der Waals surface area contributed by atoms with E-state index in [1.54, 1.807) is 23.5 Å². The molecule has 0 N–H and O–H groups in total.